The normalized spacial score (nSPS) is 14.4. The summed E-state index contributed by atoms with van der Waals surface area (Å²) in [4.78, 5) is 8.15. The molecule has 1 aliphatic rings. The van der Waals surface area contributed by atoms with Crippen LogP contribution in [-0.2, 0) is 0 Å². The van der Waals surface area contributed by atoms with Crippen molar-refractivity contribution in [2.45, 2.75) is 38.6 Å². The SMILES string of the molecule is CC(C)Nc1ncnc(N)c1C(=N)c1cc(C2CC2)on1. The highest BCUT2D eigenvalue weighted by Crippen LogP contribution is 2.40. The Labute approximate surface area is 122 Å². The molecule has 0 amide bonds. The van der Waals surface area contributed by atoms with Gasteiger partial charge in [-0.25, -0.2) is 9.97 Å². The van der Waals surface area contributed by atoms with Crippen molar-refractivity contribution in [3.8, 4) is 0 Å². The van der Waals surface area contributed by atoms with E-state index in [4.69, 9.17) is 15.7 Å². The van der Waals surface area contributed by atoms with Gasteiger partial charge in [0.1, 0.15) is 29.4 Å². The summed E-state index contributed by atoms with van der Waals surface area (Å²) in [6, 6.07) is 1.98. The van der Waals surface area contributed by atoms with Crippen molar-refractivity contribution in [1.29, 1.82) is 5.41 Å². The van der Waals surface area contributed by atoms with Gasteiger partial charge in [-0.15, -0.1) is 0 Å². The van der Waals surface area contributed by atoms with Crippen LogP contribution in [0.15, 0.2) is 16.9 Å². The predicted molar refractivity (Wildman–Crippen MR) is 79.6 cm³/mol. The van der Waals surface area contributed by atoms with Crippen LogP contribution in [0.3, 0.4) is 0 Å². The zero-order valence-electron chi connectivity index (χ0n) is 12.1. The number of aromatic nitrogens is 3. The van der Waals surface area contributed by atoms with E-state index in [0.29, 0.717) is 23.0 Å². The van der Waals surface area contributed by atoms with Crippen LogP contribution in [0.1, 0.15) is 49.6 Å². The smallest absolute Gasteiger partial charge is 0.141 e. The average molecular weight is 286 g/mol. The monoisotopic (exact) mass is 286 g/mol. The van der Waals surface area contributed by atoms with Crippen LogP contribution < -0.4 is 11.1 Å². The van der Waals surface area contributed by atoms with E-state index in [-0.39, 0.29) is 17.6 Å². The summed E-state index contributed by atoms with van der Waals surface area (Å²) in [6.45, 7) is 3.99. The summed E-state index contributed by atoms with van der Waals surface area (Å²) in [5.41, 5.74) is 7.02. The van der Waals surface area contributed by atoms with Gasteiger partial charge in [0.05, 0.1) is 11.3 Å². The molecule has 0 spiro atoms. The lowest BCUT2D eigenvalue weighted by Gasteiger charge is -2.14. The van der Waals surface area contributed by atoms with Gasteiger partial charge >= 0.3 is 0 Å². The largest absolute Gasteiger partial charge is 0.383 e. The Hall–Kier alpha value is -2.44. The molecule has 1 saturated carbocycles. The lowest BCUT2D eigenvalue weighted by molar-refractivity contribution is 0.383. The van der Waals surface area contributed by atoms with Crippen molar-refractivity contribution in [2.24, 2.45) is 0 Å². The Morgan fingerprint density at radius 3 is 2.86 bits per heavy atom. The second-order valence-corrected chi connectivity index (χ2v) is 5.55. The van der Waals surface area contributed by atoms with Crippen LogP contribution in [0.5, 0.6) is 0 Å². The second kappa shape index (κ2) is 5.16. The molecule has 0 atom stereocenters. The first-order valence-electron chi connectivity index (χ1n) is 6.99. The van der Waals surface area contributed by atoms with Crippen molar-refractivity contribution >= 4 is 17.3 Å². The zero-order valence-corrected chi connectivity index (χ0v) is 12.1. The number of nitrogens with one attached hydrogen (secondary N) is 2. The molecule has 0 radical (unpaired) electrons. The van der Waals surface area contributed by atoms with Crippen molar-refractivity contribution in [1.82, 2.24) is 15.1 Å². The number of nitrogens with zero attached hydrogens (tertiary/aromatic N) is 3. The van der Waals surface area contributed by atoms with Crippen molar-refractivity contribution in [2.75, 3.05) is 11.1 Å². The number of nitrogen functional groups attached to an aromatic ring is 1. The van der Waals surface area contributed by atoms with Crippen LogP contribution >= 0.6 is 0 Å². The minimum atomic E-state index is 0.171. The van der Waals surface area contributed by atoms with Gasteiger partial charge in [-0.2, -0.15) is 0 Å². The zero-order chi connectivity index (χ0) is 15.0. The van der Waals surface area contributed by atoms with Gasteiger partial charge in [-0.05, 0) is 26.7 Å². The summed E-state index contributed by atoms with van der Waals surface area (Å²) in [5, 5.41) is 15.5. The maximum absolute atomic E-state index is 8.35. The van der Waals surface area contributed by atoms with E-state index in [1.807, 2.05) is 19.9 Å². The molecule has 1 aliphatic carbocycles. The van der Waals surface area contributed by atoms with Gasteiger partial charge in [-0.3, -0.25) is 5.41 Å². The van der Waals surface area contributed by atoms with Gasteiger partial charge in [0.25, 0.3) is 0 Å². The molecule has 0 bridgehead atoms. The van der Waals surface area contributed by atoms with Crippen molar-refractivity contribution < 1.29 is 4.52 Å². The van der Waals surface area contributed by atoms with E-state index in [0.717, 1.165) is 18.6 Å². The molecule has 2 aromatic rings. The molecule has 0 saturated heterocycles. The van der Waals surface area contributed by atoms with Gasteiger partial charge in [0.15, 0.2) is 0 Å². The number of anilines is 2. The topological polar surface area (TPSA) is 114 Å². The Kier molecular flexibility index (Phi) is 3.32. The predicted octanol–water partition coefficient (Wildman–Crippen LogP) is 2.16. The molecule has 0 aromatic carbocycles. The quantitative estimate of drug-likeness (QED) is 0.726. The van der Waals surface area contributed by atoms with Crippen molar-refractivity contribution in [3.63, 3.8) is 0 Å². The summed E-state index contributed by atoms with van der Waals surface area (Å²) in [7, 11) is 0. The maximum Gasteiger partial charge on any atom is 0.141 e. The third-order valence-electron chi connectivity index (χ3n) is 3.32. The van der Waals surface area contributed by atoms with Crippen LogP contribution in [0.25, 0.3) is 0 Å². The minimum Gasteiger partial charge on any atom is -0.383 e. The Morgan fingerprint density at radius 2 is 2.19 bits per heavy atom. The molecule has 2 aromatic heterocycles. The number of nitrogens with two attached hydrogens (primary N) is 1. The molecular formula is C14H18N6O. The fourth-order valence-electron chi connectivity index (χ4n) is 2.12. The van der Waals surface area contributed by atoms with Gasteiger partial charge in [0, 0.05) is 18.0 Å². The van der Waals surface area contributed by atoms with Crippen LogP contribution in [0.4, 0.5) is 11.6 Å². The molecule has 2 heterocycles. The molecule has 4 N–H and O–H groups in total. The summed E-state index contributed by atoms with van der Waals surface area (Å²) in [5.74, 6) is 2.09. The third kappa shape index (κ3) is 2.72. The van der Waals surface area contributed by atoms with E-state index in [2.05, 4.69) is 20.4 Å². The van der Waals surface area contributed by atoms with Gasteiger partial charge < -0.3 is 15.6 Å². The molecule has 3 rings (SSSR count). The summed E-state index contributed by atoms with van der Waals surface area (Å²) >= 11 is 0. The number of rotatable bonds is 5. The Bertz CT molecular complexity index is 674. The number of hydrogen-bond donors (Lipinski definition) is 3. The standard InChI is InChI=1S/C14H18N6O/c1-7(2)19-14-11(13(16)17-6-18-14)12(15)9-5-10(21-20-9)8-3-4-8/h5-8,15H,3-4H2,1-2H3,(H3,16,17,18,19). The Balaban J connectivity index is 1.95. The third-order valence-corrected chi connectivity index (χ3v) is 3.32. The van der Waals surface area contributed by atoms with E-state index in [1.165, 1.54) is 6.33 Å². The minimum absolute atomic E-state index is 0.171. The van der Waals surface area contributed by atoms with E-state index in [9.17, 15) is 0 Å². The summed E-state index contributed by atoms with van der Waals surface area (Å²) in [6.07, 6.45) is 3.63. The molecule has 0 unspecified atom stereocenters. The molecule has 7 heteroatoms. The fraction of sp³-hybridized carbons (Fsp3) is 0.429. The molecular weight excluding hydrogens is 268 g/mol. The van der Waals surface area contributed by atoms with Crippen LogP contribution in [-0.4, -0.2) is 26.9 Å². The highest BCUT2D eigenvalue weighted by Gasteiger charge is 2.29. The highest BCUT2D eigenvalue weighted by atomic mass is 16.5. The maximum atomic E-state index is 8.35. The number of hydrogen-bond acceptors (Lipinski definition) is 7. The molecule has 110 valence electrons. The van der Waals surface area contributed by atoms with Crippen LogP contribution in [0.2, 0.25) is 0 Å². The van der Waals surface area contributed by atoms with E-state index < -0.39 is 0 Å². The van der Waals surface area contributed by atoms with Crippen molar-refractivity contribution in [3.05, 3.63) is 29.4 Å². The average Bonchev–Trinajstić information content (AvgIpc) is 3.15. The molecule has 0 aliphatic heterocycles. The van der Waals surface area contributed by atoms with Gasteiger partial charge in [-0.1, -0.05) is 5.16 Å². The molecule has 1 fully saturated rings. The first kappa shape index (κ1) is 13.5. The first-order chi connectivity index (χ1) is 10.1. The highest BCUT2D eigenvalue weighted by molar-refractivity contribution is 6.15. The lowest BCUT2D eigenvalue weighted by Crippen LogP contribution is -2.18. The van der Waals surface area contributed by atoms with Crippen LogP contribution in [0, 0.1) is 5.41 Å². The molecule has 7 nitrogen and oxygen atoms in total. The fourth-order valence-corrected chi connectivity index (χ4v) is 2.12. The Morgan fingerprint density at radius 1 is 1.43 bits per heavy atom. The molecule has 21 heavy (non-hydrogen) atoms. The lowest BCUT2D eigenvalue weighted by atomic mass is 10.1. The first-order valence-corrected chi connectivity index (χ1v) is 6.99. The van der Waals surface area contributed by atoms with Gasteiger partial charge in [0.2, 0.25) is 0 Å². The summed E-state index contributed by atoms with van der Waals surface area (Å²) < 4.78 is 5.30. The van der Waals surface area contributed by atoms with E-state index in [1.54, 1.807) is 0 Å². The van der Waals surface area contributed by atoms with E-state index >= 15 is 0 Å². The second-order valence-electron chi connectivity index (χ2n) is 5.55.